The molecule has 1 rings (SSSR count). The lowest BCUT2D eigenvalue weighted by atomic mass is 10.1. The second-order valence-corrected chi connectivity index (χ2v) is 4.97. The van der Waals surface area contributed by atoms with Gasteiger partial charge >= 0.3 is 6.03 Å². The van der Waals surface area contributed by atoms with Crippen molar-refractivity contribution in [3.63, 3.8) is 0 Å². The fraction of sp³-hybridized carbons (Fsp3) is 0.438. The molecule has 21 heavy (non-hydrogen) atoms. The van der Waals surface area contributed by atoms with E-state index in [1.54, 1.807) is 13.3 Å². The van der Waals surface area contributed by atoms with Gasteiger partial charge in [0.25, 0.3) is 0 Å². The van der Waals surface area contributed by atoms with Crippen LogP contribution in [0.1, 0.15) is 20.8 Å². The SMILES string of the molecule is COc1ccc(OCCNC(=O)N/C=C(\C)C(C)C)cc1. The summed E-state index contributed by atoms with van der Waals surface area (Å²) >= 11 is 0. The molecular formula is C16H24N2O3. The summed E-state index contributed by atoms with van der Waals surface area (Å²) in [5.41, 5.74) is 1.12. The van der Waals surface area contributed by atoms with Crippen LogP contribution in [0.5, 0.6) is 11.5 Å². The second-order valence-electron chi connectivity index (χ2n) is 4.97. The minimum atomic E-state index is -0.228. The number of methoxy groups -OCH3 is 1. The molecule has 116 valence electrons. The molecule has 1 aromatic carbocycles. The van der Waals surface area contributed by atoms with Gasteiger partial charge < -0.3 is 20.1 Å². The minimum absolute atomic E-state index is 0.228. The molecule has 5 heteroatoms. The highest BCUT2D eigenvalue weighted by Crippen LogP contribution is 2.16. The highest BCUT2D eigenvalue weighted by molar-refractivity contribution is 5.74. The first-order valence-corrected chi connectivity index (χ1v) is 7.00. The predicted octanol–water partition coefficient (Wildman–Crippen LogP) is 2.93. The first-order chi connectivity index (χ1) is 10.0. The maximum absolute atomic E-state index is 11.5. The van der Waals surface area contributed by atoms with Gasteiger partial charge in [0.15, 0.2) is 0 Å². The van der Waals surface area contributed by atoms with Crippen LogP contribution in [0.2, 0.25) is 0 Å². The van der Waals surface area contributed by atoms with Gasteiger partial charge in [0.05, 0.1) is 13.7 Å². The predicted molar refractivity (Wildman–Crippen MR) is 83.6 cm³/mol. The number of nitrogens with one attached hydrogen (secondary N) is 2. The van der Waals surface area contributed by atoms with Crippen molar-refractivity contribution < 1.29 is 14.3 Å². The molecule has 0 bridgehead atoms. The summed E-state index contributed by atoms with van der Waals surface area (Å²) < 4.78 is 10.6. The monoisotopic (exact) mass is 292 g/mol. The van der Waals surface area contributed by atoms with E-state index in [1.165, 1.54) is 0 Å². The highest BCUT2D eigenvalue weighted by atomic mass is 16.5. The van der Waals surface area contributed by atoms with Gasteiger partial charge in [0.1, 0.15) is 18.1 Å². The first kappa shape index (κ1) is 16.9. The Kier molecular flexibility index (Phi) is 7.15. The van der Waals surface area contributed by atoms with Crippen molar-refractivity contribution in [3.05, 3.63) is 36.0 Å². The zero-order valence-electron chi connectivity index (χ0n) is 13.1. The topological polar surface area (TPSA) is 59.6 Å². The molecule has 0 aromatic heterocycles. The number of ether oxygens (including phenoxy) is 2. The zero-order chi connectivity index (χ0) is 15.7. The van der Waals surface area contributed by atoms with E-state index in [2.05, 4.69) is 24.5 Å². The molecule has 0 unspecified atom stereocenters. The van der Waals surface area contributed by atoms with E-state index in [4.69, 9.17) is 9.47 Å². The van der Waals surface area contributed by atoms with Gasteiger partial charge in [-0.1, -0.05) is 19.4 Å². The van der Waals surface area contributed by atoms with Crippen molar-refractivity contribution in [2.45, 2.75) is 20.8 Å². The Balaban J connectivity index is 2.21. The van der Waals surface area contributed by atoms with E-state index >= 15 is 0 Å². The van der Waals surface area contributed by atoms with Gasteiger partial charge in [0, 0.05) is 6.20 Å². The average molecular weight is 292 g/mol. The van der Waals surface area contributed by atoms with Crippen LogP contribution in [0.25, 0.3) is 0 Å². The number of rotatable bonds is 7. The molecule has 2 amide bonds. The molecule has 0 spiro atoms. The summed E-state index contributed by atoms with van der Waals surface area (Å²) in [4.78, 5) is 11.5. The highest BCUT2D eigenvalue weighted by Gasteiger charge is 2.00. The van der Waals surface area contributed by atoms with E-state index < -0.39 is 0 Å². The van der Waals surface area contributed by atoms with E-state index in [9.17, 15) is 4.79 Å². The number of urea groups is 1. The number of carbonyl (C=O) groups is 1. The van der Waals surface area contributed by atoms with Gasteiger partial charge in [-0.3, -0.25) is 0 Å². The molecule has 0 aliphatic heterocycles. The van der Waals surface area contributed by atoms with Crippen molar-refractivity contribution >= 4 is 6.03 Å². The number of hydrogen-bond acceptors (Lipinski definition) is 3. The average Bonchev–Trinajstić information content (AvgIpc) is 2.49. The third kappa shape index (κ3) is 6.70. The van der Waals surface area contributed by atoms with Crippen molar-refractivity contribution in [2.75, 3.05) is 20.3 Å². The lowest BCUT2D eigenvalue weighted by molar-refractivity contribution is 0.239. The number of amides is 2. The van der Waals surface area contributed by atoms with Crippen LogP contribution < -0.4 is 20.1 Å². The molecule has 0 atom stereocenters. The maximum Gasteiger partial charge on any atom is 0.318 e. The molecular weight excluding hydrogens is 268 g/mol. The van der Waals surface area contributed by atoms with E-state index in [0.717, 1.165) is 17.1 Å². The van der Waals surface area contributed by atoms with Crippen LogP contribution in [0.15, 0.2) is 36.0 Å². The van der Waals surface area contributed by atoms with Crippen LogP contribution in [-0.2, 0) is 0 Å². The lowest BCUT2D eigenvalue weighted by Crippen LogP contribution is -2.35. The Labute approximate surface area is 126 Å². The van der Waals surface area contributed by atoms with Crippen LogP contribution in [0.3, 0.4) is 0 Å². The van der Waals surface area contributed by atoms with E-state index in [-0.39, 0.29) is 6.03 Å². The third-order valence-corrected chi connectivity index (χ3v) is 3.06. The molecule has 0 fully saturated rings. The summed E-state index contributed by atoms with van der Waals surface area (Å²) in [6, 6.07) is 7.08. The van der Waals surface area contributed by atoms with Crippen LogP contribution in [-0.4, -0.2) is 26.3 Å². The number of allylic oxidation sites excluding steroid dienone is 1. The van der Waals surface area contributed by atoms with Gasteiger partial charge in [0.2, 0.25) is 0 Å². The molecule has 2 N–H and O–H groups in total. The number of hydrogen-bond donors (Lipinski definition) is 2. The summed E-state index contributed by atoms with van der Waals surface area (Å²) in [6.07, 6.45) is 1.73. The Bertz CT molecular complexity index is 467. The fourth-order valence-electron chi connectivity index (χ4n) is 1.40. The van der Waals surface area contributed by atoms with Crippen LogP contribution in [0, 0.1) is 5.92 Å². The molecule has 0 saturated heterocycles. The molecule has 0 radical (unpaired) electrons. The van der Waals surface area contributed by atoms with Gasteiger partial charge in [-0.25, -0.2) is 4.79 Å². The maximum atomic E-state index is 11.5. The van der Waals surface area contributed by atoms with Crippen LogP contribution in [0.4, 0.5) is 4.79 Å². The van der Waals surface area contributed by atoms with Gasteiger partial charge in [-0.2, -0.15) is 0 Å². The summed E-state index contributed by atoms with van der Waals surface area (Å²) in [5.74, 6) is 1.95. The minimum Gasteiger partial charge on any atom is -0.497 e. The molecule has 0 aliphatic carbocycles. The molecule has 0 saturated carbocycles. The molecule has 1 aromatic rings. The number of benzene rings is 1. The van der Waals surface area contributed by atoms with Gasteiger partial charge in [-0.05, 0) is 37.1 Å². The van der Waals surface area contributed by atoms with Gasteiger partial charge in [-0.15, -0.1) is 0 Å². The Morgan fingerprint density at radius 3 is 2.43 bits per heavy atom. The van der Waals surface area contributed by atoms with E-state index in [0.29, 0.717) is 19.1 Å². The van der Waals surface area contributed by atoms with E-state index in [1.807, 2.05) is 31.2 Å². The van der Waals surface area contributed by atoms with Crippen molar-refractivity contribution in [1.29, 1.82) is 0 Å². The standard InChI is InChI=1S/C16H24N2O3/c1-12(2)13(3)11-18-16(19)17-9-10-21-15-7-5-14(20-4)6-8-15/h5-8,11-12H,9-10H2,1-4H3,(H2,17,18,19)/b13-11+. The first-order valence-electron chi connectivity index (χ1n) is 7.00. The third-order valence-electron chi connectivity index (χ3n) is 3.06. The smallest absolute Gasteiger partial charge is 0.318 e. The van der Waals surface area contributed by atoms with Crippen molar-refractivity contribution in [2.24, 2.45) is 5.92 Å². The van der Waals surface area contributed by atoms with Crippen molar-refractivity contribution in [1.82, 2.24) is 10.6 Å². The zero-order valence-corrected chi connectivity index (χ0v) is 13.1. The lowest BCUT2D eigenvalue weighted by Gasteiger charge is -2.09. The molecule has 0 heterocycles. The summed E-state index contributed by atoms with van der Waals surface area (Å²) in [6.45, 7) is 6.99. The Morgan fingerprint density at radius 1 is 1.24 bits per heavy atom. The quantitative estimate of drug-likeness (QED) is 0.760. The Hall–Kier alpha value is -2.17. The summed E-state index contributed by atoms with van der Waals surface area (Å²) in [5, 5.41) is 5.42. The second kappa shape index (κ2) is 8.89. The normalized spacial score (nSPS) is 11.2. The Morgan fingerprint density at radius 2 is 1.86 bits per heavy atom. The fourth-order valence-corrected chi connectivity index (χ4v) is 1.40. The summed E-state index contributed by atoms with van der Waals surface area (Å²) in [7, 11) is 1.62. The largest absolute Gasteiger partial charge is 0.497 e. The molecule has 0 aliphatic rings. The molecule has 5 nitrogen and oxygen atoms in total. The number of carbonyl (C=O) groups excluding carboxylic acids is 1. The van der Waals surface area contributed by atoms with Crippen molar-refractivity contribution in [3.8, 4) is 11.5 Å². The van der Waals surface area contributed by atoms with Crippen LogP contribution >= 0.6 is 0 Å².